The lowest BCUT2D eigenvalue weighted by atomic mass is 10.1. The van der Waals surface area contributed by atoms with Crippen LogP contribution in [0.3, 0.4) is 0 Å². The molecule has 0 spiro atoms. The minimum absolute atomic E-state index is 0. The fourth-order valence-corrected chi connectivity index (χ4v) is 2.63. The normalized spacial score (nSPS) is 18.1. The predicted molar refractivity (Wildman–Crippen MR) is 86.8 cm³/mol. The van der Waals surface area contributed by atoms with Crippen molar-refractivity contribution in [3.05, 3.63) is 46.0 Å². The summed E-state index contributed by atoms with van der Waals surface area (Å²) in [6, 6.07) is 3.74. The lowest BCUT2D eigenvalue weighted by Gasteiger charge is -2.33. The number of halogens is 1. The Balaban J connectivity index is 0.00000176. The van der Waals surface area contributed by atoms with Crippen LogP contribution in [-0.2, 0) is 0 Å². The third kappa shape index (κ3) is 2.84. The molecule has 0 bridgehead atoms. The fraction of sp³-hybridized carbons (Fsp3) is 0.400. The van der Waals surface area contributed by atoms with Crippen molar-refractivity contribution < 1.29 is 4.79 Å². The first-order chi connectivity index (χ1) is 10.1. The molecule has 1 saturated heterocycles. The van der Waals surface area contributed by atoms with Gasteiger partial charge in [-0.05, 0) is 25.5 Å². The van der Waals surface area contributed by atoms with E-state index in [1.807, 2.05) is 19.9 Å². The molecule has 1 atom stereocenters. The van der Waals surface area contributed by atoms with Crippen molar-refractivity contribution in [1.29, 1.82) is 0 Å². The van der Waals surface area contributed by atoms with Gasteiger partial charge in [-0.2, -0.15) is 0 Å². The number of rotatable bonds is 1. The lowest BCUT2D eigenvalue weighted by Crippen LogP contribution is -2.53. The number of carbonyl (C=O) groups is 1. The molecular weight excluding hydrogens is 304 g/mol. The van der Waals surface area contributed by atoms with Crippen LogP contribution in [0.4, 0.5) is 0 Å². The predicted octanol–water partition coefficient (Wildman–Crippen LogP) is 0.859. The molecule has 0 saturated carbocycles. The van der Waals surface area contributed by atoms with Crippen molar-refractivity contribution in [3.63, 3.8) is 0 Å². The van der Waals surface area contributed by atoms with E-state index >= 15 is 0 Å². The van der Waals surface area contributed by atoms with E-state index in [2.05, 4.69) is 10.3 Å². The second-order valence-corrected chi connectivity index (χ2v) is 5.46. The highest BCUT2D eigenvalue weighted by molar-refractivity contribution is 5.94. The van der Waals surface area contributed by atoms with Crippen LogP contribution in [0.25, 0.3) is 5.65 Å². The number of aromatic nitrogens is 2. The number of hydrogen-bond donors (Lipinski definition) is 1. The van der Waals surface area contributed by atoms with Gasteiger partial charge in [-0.25, -0.2) is 4.98 Å². The molecule has 7 heteroatoms. The summed E-state index contributed by atoms with van der Waals surface area (Å²) in [6.45, 7) is 5.97. The van der Waals surface area contributed by atoms with Crippen LogP contribution in [0.1, 0.15) is 22.8 Å². The molecule has 1 aliphatic rings. The zero-order valence-electron chi connectivity index (χ0n) is 12.6. The SMILES string of the molecule is Cc1ccc2ncc(C(=O)N3CCNC[C@@H]3C)c(=O)n2c1.Cl. The van der Waals surface area contributed by atoms with Gasteiger partial charge in [0.2, 0.25) is 0 Å². The van der Waals surface area contributed by atoms with E-state index in [1.165, 1.54) is 10.6 Å². The molecule has 1 fully saturated rings. The first-order valence-electron chi connectivity index (χ1n) is 7.07. The smallest absolute Gasteiger partial charge is 0.270 e. The minimum atomic E-state index is -0.306. The molecule has 1 amide bonds. The number of fused-ring (bicyclic) bond motifs is 1. The Kier molecular flexibility index (Phi) is 4.83. The zero-order valence-corrected chi connectivity index (χ0v) is 13.4. The second-order valence-electron chi connectivity index (χ2n) is 5.46. The molecule has 118 valence electrons. The van der Waals surface area contributed by atoms with Crippen LogP contribution in [0.5, 0.6) is 0 Å². The largest absolute Gasteiger partial charge is 0.333 e. The number of hydrogen-bond acceptors (Lipinski definition) is 4. The van der Waals surface area contributed by atoms with Gasteiger partial charge in [-0.3, -0.25) is 14.0 Å². The van der Waals surface area contributed by atoms with Crippen molar-refractivity contribution >= 4 is 24.0 Å². The maximum Gasteiger partial charge on any atom is 0.270 e. The summed E-state index contributed by atoms with van der Waals surface area (Å²) in [5.74, 6) is -0.239. The van der Waals surface area contributed by atoms with Gasteiger partial charge < -0.3 is 10.2 Å². The fourth-order valence-electron chi connectivity index (χ4n) is 2.63. The van der Waals surface area contributed by atoms with Crippen molar-refractivity contribution in [2.45, 2.75) is 19.9 Å². The van der Waals surface area contributed by atoms with Gasteiger partial charge in [-0.1, -0.05) is 6.07 Å². The molecule has 0 aliphatic carbocycles. The van der Waals surface area contributed by atoms with E-state index < -0.39 is 0 Å². The van der Waals surface area contributed by atoms with Crippen LogP contribution in [0, 0.1) is 6.92 Å². The molecular formula is C15H19ClN4O2. The summed E-state index contributed by atoms with van der Waals surface area (Å²) in [7, 11) is 0. The van der Waals surface area contributed by atoms with Gasteiger partial charge in [0.25, 0.3) is 11.5 Å². The van der Waals surface area contributed by atoms with E-state index in [0.29, 0.717) is 12.2 Å². The number of piperazine rings is 1. The first-order valence-corrected chi connectivity index (χ1v) is 7.07. The van der Waals surface area contributed by atoms with Crippen molar-refractivity contribution in [1.82, 2.24) is 19.6 Å². The van der Waals surface area contributed by atoms with Gasteiger partial charge in [0.1, 0.15) is 11.2 Å². The van der Waals surface area contributed by atoms with Crippen molar-refractivity contribution in [3.8, 4) is 0 Å². The number of amides is 1. The van der Waals surface area contributed by atoms with Crippen LogP contribution in [0.15, 0.2) is 29.3 Å². The van der Waals surface area contributed by atoms with Crippen LogP contribution in [0.2, 0.25) is 0 Å². The first kappa shape index (κ1) is 16.5. The topological polar surface area (TPSA) is 66.7 Å². The summed E-state index contributed by atoms with van der Waals surface area (Å²) in [5, 5.41) is 3.23. The van der Waals surface area contributed by atoms with Crippen LogP contribution < -0.4 is 10.9 Å². The van der Waals surface area contributed by atoms with Gasteiger partial charge >= 0.3 is 0 Å². The average molecular weight is 323 g/mol. The third-order valence-corrected chi connectivity index (χ3v) is 3.84. The highest BCUT2D eigenvalue weighted by atomic mass is 35.5. The minimum Gasteiger partial charge on any atom is -0.333 e. The van der Waals surface area contributed by atoms with Gasteiger partial charge in [0.05, 0.1) is 0 Å². The van der Waals surface area contributed by atoms with Crippen LogP contribution in [-0.4, -0.2) is 45.9 Å². The molecule has 1 N–H and O–H groups in total. The lowest BCUT2D eigenvalue weighted by molar-refractivity contribution is 0.0653. The Morgan fingerprint density at radius 1 is 1.41 bits per heavy atom. The third-order valence-electron chi connectivity index (χ3n) is 3.84. The van der Waals surface area contributed by atoms with Gasteiger partial charge in [0.15, 0.2) is 0 Å². The quantitative estimate of drug-likeness (QED) is 0.845. The molecule has 2 aromatic rings. The standard InChI is InChI=1S/C15H18N4O2.ClH/c1-10-3-4-13-17-8-12(15(21)19(13)9-10)14(20)18-6-5-16-7-11(18)2;/h3-4,8-9,11,16H,5-7H2,1-2H3;1H/t11-;/m0./s1. The molecule has 6 nitrogen and oxygen atoms in total. The average Bonchev–Trinajstić information content (AvgIpc) is 2.48. The molecule has 22 heavy (non-hydrogen) atoms. The van der Waals surface area contributed by atoms with E-state index in [1.54, 1.807) is 17.2 Å². The van der Waals surface area contributed by atoms with E-state index in [4.69, 9.17) is 0 Å². The Bertz CT molecular complexity index is 759. The molecule has 3 heterocycles. The van der Waals surface area contributed by atoms with E-state index in [9.17, 15) is 9.59 Å². The molecule has 0 radical (unpaired) electrons. The molecule has 0 unspecified atom stereocenters. The second kappa shape index (κ2) is 6.46. The monoisotopic (exact) mass is 322 g/mol. The maximum atomic E-state index is 12.6. The zero-order chi connectivity index (χ0) is 15.0. The summed E-state index contributed by atoms with van der Waals surface area (Å²) >= 11 is 0. The number of aryl methyl sites for hydroxylation is 1. The summed E-state index contributed by atoms with van der Waals surface area (Å²) in [5.41, 5.74) is 1.33. The Hall–Kier alpha value is -1.92. The van der Waals surface area contributed by atoms with E-state index in [-0.39, 0.29) is 35.5 Å². The highest BCUT2D eigenvalue weighted by Gasteiger charge is 2.26. The molecule has 0 aromatic carbocycles. The van der Waals surface area contributed by atoms with Gasteiger partial charge in [0, 0.05) is 38.1 Å². The van der Waals surface area contributed by atoms with Crippen molar-refractivity contribution in [2.75, 3.05) is 19.6 Å². The highest BCUT2D eigenvalue weighted by Crippen LogP contribution is 2.08. The maximum absolute atomic E-state index is 12.6. The summed E-state index contributed by atoms with van der Waals surface area (Å²) < 4.78 is 1.44. The van der Waals surface area contributed by atoms with E-state index in [0.717, 1.165) is 18.7 Å². The number of nitrogens with one attached hydrogen (secondary N) is 1. The Labute approximate surface area is 134 Å². The number of nitrogens with zero attached hydrogens (tertiary/aromatic N) is 3. The molecule has 1 aliphatic heterocycles. The summed E-state index contributed by atoms with van der Waals surface area (Å²) in [6.07, 6.45) is 3.10. The molecule has 2 aromatic heterocycles. The number of carbonyl (C=O) groups excluding carboxylic acids is 1. The Morgan fingerprint density at radius 2 is 2.18 bits per heavy atom. The Morgan fingerprint density at radius 3 is 2.91 bits per heavy atom. The van der Waals surface area contributed by atoms with Crippen molar-refractivity contribution in [2.24, 2.45) is 0 Å². The number of pyridine rings is 1. The molecule has 3 rings (SSSR count). The van der Waals surface area contributed by atoms with Crippen LogP contribution >= 0.6 is 12.4 Å². The van der Waals surface area contributed by atoms with Gasteiger partial charge in [-0.15, -0.1) is 12.4 Å². The summed E-state index contributed by atoms with van der Waals surface area (Å²) in [4.78, 5) is 31.1.